The van der Waals surface area contributed by atoms with Crippen LogP contribution in [0.2, 0.25) is 0 Å². The van der Waals surface area contributed by atoms with E-state index in [1.165, 1.54) is 42.8 Å². The number of benzene rings is 1. The first kappa shape index (κ1) is 19.1. The Kier molecular flexibility index (Phi) is 5.16. The summed E-state index contributed by atoms with van der Waals surface area (Å²) < 4.78 is 24.9. The molecule has 0 saturated carbocycles. The molecule has 0 bridgehead atoms. The van der Waals surface area contributed by atoms with E-state index in [1.54, 1.807) is 6.92 Å². The van der Waals surface area contributed by atoms with Crippen LogP contribution in [0.3, 0.4) is 0 Å². The average molecular weight is 389 g/mol. The van der Waals surface area contributed by atoms with Gasteiger partial charge in [-0.05, 0) is 45.0 Å². The van der Waals surface area contributed by atoms with Crippen LogP contribution in [0.15, 0.2) is 28.7 Å². The van der Waals surface area contributed by atoms with Gasteiger partial charge in [-0.2, -0.15) is 5.10 Å². The third-order valence-electron chi connectivity index (χ3n) is 3.99. The van der Waals surface area contributed by atoms with E-state index in [0.717, 1.165) is 0 Å². The lowest BCUT2D eigenvalue weighted by atomic mass is 10.2. The van der Waals surface area contributed by atoms with Crippen molar-refractivity contribution in [3.8, 4) is 11.5 Å². The highest BCUT2D eigenvalue weighted by molar-refractivity contribution is 5.69. The number of nitro groups is 1. The second kappa shape index (κ2) is 7.55. The molecule has 0 spiro atoms. The first-order valence-electron chi connectivity index (χ1n) is 8.23. The fourth-order valence-corrected chi connectivity index (χ4v) is 2.62. The number of ether oxygens (including phenoxy) is 1. The molecule has 11 heteroatoms. The van der Waals surface area contributed by atoms with Crippen LogP contribution in [0.25, 0.3) is 11.5 Å². The van der Waals surface area contributed by atoms with Crippen LogP contribution in [-0.4, -0.2) is 30.9 Å². The number of carbonyl (C=O) groups is 1. The maximum absolute atomic E-state index is 13.0. The summed E-state index contributed by atoms with van der Waals surface area (Å²) >= 11 is 0. The molecule has 0 aliphatic carbocycles. The van der Waals surface area contributed by atoms with E-state index < -0.39 is 22.8 Å². The molecular formula is C17H16FN5O5. The molecule has 0 N–H and O–H groups in total. The molecule has 0 unspecified atom stereocenters. The second-order valence-corrected chi connectivity index (χ2v) is 6.02. The highest BCUT2D eigenvalue weighted by Crippen LogP contribution is 2.24. The predicted molar refractivity (Wildman–Crippen MR) is 92.6 cm³/mol. The van der Waals surface area contributed by atoms with Gasteiger partial charge in [0.25, 0.3) is 5.89 Å². The number of aryl methyl sites for hydroxylation is 1. The standard InChI is InChI=1S/C17H16FN5O5/c1-9-15(23(25)26)10(2)22(21-9)8-14(24)27-11(3)16-19-20-17(28-16)12-4-6-13(18)7-5-12/h4-7,11H,8H2,1-3H3/t11-/m0/s1. The van der Waals surface area contributed by atoms with Gasteiger partial charge in [0.15, 0.2) is 6.10 Å². The molecule has 10 nitrogen and oxygen atoms in total. The van der Waals surface area contributed by atoms with Gasteiger partial charge in [0.05, 0.1) is 4.92 Å². The molecule has 0 amide bonds. The Hall–Kier alpha value is -3.63. The summed E-state index contributed by atoms with van der Waals surface area (Å²) in [5.74, 6) is -0.844. The van der Waals surface area contributed by atoms with Crippen molar-refractivity contribution in [1.29, 1.82) is 0 Å². The van der Waals surface area contributed by atoms with E-state index in [0.29, 0.717) is 5.56 Å². The predicted octanol–water partition coefficient (Wildman–Crippen LogP) is 2.90. The van der Waals surface area contributed by atoms with Gasteiger partial charge < -0.3 is 9.15 Å². The zero-order valence-corrected chi connectivity index (χ0v) is 15.2. The van der Waals surface area contributed by atoms with E-state index in [4.69, 9.17) is 9.15 Å². The summed E-state index contributed by atoms with van der Waals surface area (Å²) in [6, 6.07) is 5.49. The van der Waals surface area contributed by atoms with Gasteiger partial charge in [-0.1, -0.05) is 0 Å². The SMILES string of the molecule is Cc1nn(CC(=O)O[C@@H](C)c2nnc(-c3ccc(F)cc3)o2)c(C)c1[N+](=O)[O-]. The van der Waals surface area contributed by atoms with Crippen LogP contribution in [0, 0.1) is 29.8 Å². The third kappa shape index (κ3) is 3.87. The quantitative estimate of drug-likeness (QED) is 0.358. The van der Waals surface area contributed by atoms with Crippen LogP contribution >= 0.6 is 0 Å². The zero-order chi connectivity index (χ0) is 20.4. The number of hydrogen-bond donors (Lipinski definition) is 0. The van der Waals surface area contributed by atoms with Crippen molar-refractivity contribution in [3.05, 3.63) is 57.5 Å². The maximum atomic E-state index is 13.0. The van der Waals surface area contributed by atoms with Crippen molar-refractivity contribution in [2.75, 3.05) is 0 Å². The lowest BCUT2D eigenvalue weighted by Gasteiger charge is -2.10. The Morgan fingerprint density at radius 3 is 2.61 bits per heavy atom. The van der Waals surface area contributed by atoms with Crippen molar-refractivity contribution in [1.82, 2.24) is 20.0 Å². The molecule has 3 rings (SSSR count). The van der Waals surface area contributed by atoms with Crippen LogP contribution in [0.4, 0.5) is 10.1 Å². The van der Waals surface area contributed by atoms with Crippen LogP contribution in [-0.2, 0) is 16.1 Å². The zero-order valence-electron chi connectivity index (χ0n) is 15.2. The van der Waals surface area contributed by atoms with Crippen LogP contribution in [0.1, 0.15) is 30.3 Å². The van der Waals surface area contributed by atoms with Crippen LogP contribution < -0.4 is 0 Å². The summed E-state index contributed by atoms with van der Waals surface area (Å²) in [5.41, 5.74) is 0.850. The number of rotatable bonds is 6. The fourth-order valence-electron chi connectivity index (χ4n) is 2.62. The first-order chi connectivity index (χ1) is 13.3. The second-order valence-electron chi connectivity index (χ2n) is 6.02. The van der Waals surface area contributed by atoms with Gasteiger partial charge in [0, 0.05) is 5.56 Å². The van der Waals surface area contributed by atoms with Gasteiger partial charge in [0.2, 0.25) is 5.89 Å². The van der Waals surface area contributed by atoms with Gasteiger partial charge in [-0.25, -0.2) is 4.39 Å². The number of nitrogens with zero attached hydrogens (tertiary/aromatic N) is 5. The topological polar surface area (TPSA) is 126 Å². The molecule has 1 aromatic carbocycles. The van der Waals surface area contributed by atoms with Crippen molar-refractivity contribution in [2.24, 2.45) is 0 Å². The highest BCUT2D eigenvalue weighted by atomic mass is 19.1. The lowest BCUT2D eigenvalue weighted by Crippen LogP contribution is -2.17. The summed E-state index contributed by atoms with van der Waals surface area (Å²) in [4.78, 5) is 22.7. The van der Waals surface area contributed by atoms with E-state index in [9.17, 15) is 19.3 Å². The Labute approximate surface area is 158 Å². The molecule has 2 heterocycles. The molecule has 0 saturated heterocycles. The van der Waals surface area contributed by atoms with E-state index >= 15 is 0 Å². The van der Waals surface area contributed by atoms with E-state index in [1.807, 2.05) is 0 Å². The van der Waals surface area contributed by atoms with E-state index in [-0.39, 0.29) is 35.4 Å². The Balaban J connectivity index is 1.67. The summed E-state index contributed by atoms with van der Waals surface area (Å²) in [7, 11) is 0. The molecule has 1 atom stereocenters. The summed E-state index contributed by atoms with van der Waals surface area (Å²) in [5, 5.41) is 22.7. The number of halogens is 1. The van der Waals surface area contributed by atoms with Crippen molar-refractivity contribution in [2.45, 2.75) is 33.4 Å². The molecule has 2 aromatic heterocycles. The Morgan fingerprint density at radius 1 is 1.32 bits per heavy atom. The highest BCUT2D eigenvalue weighted by Gasteiger charge is 2.24. The first-order valence-corrected chi connectivity index (χ1v) is 8.23. The normalized spacial score (nSPS) is 12.0. The smallest absolute Gasteiger partial charge is 0.328 e. The Bertz CT molecular complexity index is 1030. The van der Waals surface area contributed by atoms with E-state index in [2.05, 4.69) is 15.3 Å². The van der Waals surface area contributed by atoms with Crippen LogP contribution in [0.5, 0.6) is 0 Å². The monoisotopic (exact) mass is 389 g/mol. The number of carbonyl (C=O) groups excluding carboxylic acids is 1. The number of hydrogen-bond acceptors (Lipinski definition) is 8. The minimum absolute atomic E-state index is 0.0621. The van der Waals surface area contributed by atoms with Crippen molar-refractivity contribution in [3.63, 3.8) is 0 Å². The summed E-state index contributed by atoms with van der Waals surface area (Å²) in [6.07, 6.45) is -0.846. The molecule has 28 heavy (non-hydrogen) atoms. The molecule has 146 valence electrons. The van der Waals surface area contributed by atoms with Crippen molar-refractivity contribution >= 4 is 11.7 Å². The van der Waals surface area contributed by atoms with Gasteiger partial charge in [-0.3, -0.25) is 19.6 Å². The average Bonchev–Trinajstić information content (AvgIpc) is 3.21. The lowest BCUT2D eigenvalue weighted by molar-refractivity contribution is -0.386. The number of esters is 1. The third-order valence-corrected chi connectivity index (χ3v) is 3.99. The van der Waals surface area contributed by atoms with Gasteiger partial charge in [0.1, 0.15) is 23.7 Å². The largest absolute Gasteiger partial charge is 0.451 e. The molecule has 3 aromatic rings. The summed E-state index contributed by atoms with van der Waals surface area (Å²) in [6.45, 7) is 4.24. The maximum Gasteiger partial charge on any atom is 0.328 e. The minimum Gasteiger partial charge on any atom is -0.451 e. The Morgan fingerprint density at radius 2 is 2.00 bits per heavy atom. The number of aromatic nitrogens is 4. The van der Waals surface area contributed by atoms with Crippen molar-refractivity contribution < 1.29 is 23.3 Å². The van der Waals surface area contributed by atoms with Gasteiger partial charge in [-0.15, -0.1) is 10.2 Å². The molecule has 0 radical (unpaired) electrons. The fraction of sp³-hybridized carbons (Fsp3) is 0.294. The molecule has 0 aliphatic heterocycles. The minimum atomic E-state index is -0.846. The molecule has 0 aliphatic rings. The molecular weight excluding hydrogens is 373 g/mol. The van der Waals surface area contributed by atoms with Gasteiger partial charge >= 0.3 is 11.7 Å². The molecule has 0 fully saturated rings.